The molecule has 0 saturated carbocycles. The number of halogens is 2. The van der Waals surface area contributed by atoms with Crippen LogP contribution in [-0.2, 0) is 19.1 Å². The minimum atomic E-state index is -0.590. The van der Waals surface area contributed by atoms with E-state index < -0.39 is 24.4 Å². The maximum atomic E-state index is 12.2. The van der Waals surface area contributed by atoms with E-state index in [4.69, 9.17) is 16.3 Å². The zero-order valence-corrected chi connectivity index (χ0v) is 16.5. The van der Waals surface area contributed by atoms with Crippen LogP contribution in [0.25, 0.3) is 0 Å². The highest BCUT2D eigenvalue weighted by Gasteiger charge is 2.36. The van der Waals surface area contributed by atoms with Gasteiger partial charge in [0.25, 0.3) is 5.91 Å². The van der Waals surface area contributed by atoms with Crippen LogP contribution in [0.15, 0.2) is 53.0 Å². The predicted octanol–water partition coefficient (Wildman–Crippen LogP) is 3.64. The first-order valence-electron chi connectivity index (χ1n) is 8.21. The van der Waals surface area contributed by atoms with Gasteiger partial charge in [0.1, 0.15) is 0 Å². The molecule has 1 saturated heterocycles. The van der Waals surface area contributed by atoms with Gasteiger partial charge in [0.15, 0.2) is 6.61 Å². The second-order valence-electron chi connectivity index (χ2n) is 6.03. The molecule has 0 unspecified atom stereocenters. The van der Waals surface area contributed by atoms with E-state index in [2.05, 4.69) is 21.2 Å². The lowest BCUT2D eigenvalue weighted by molar-refractivity contribution is -0.151. The second-order valence-corrected chi connectivity index (χ2v) is 7.29. The third-order valence-corrected chi connectivity index (χ3v) is 5.31. The Labute approximate surface area is 169 Å². The molecule has 3 rings (SSSR count). The Morgan fingerprint density at radius 1 is 1.22 bits per heavy atom. The molecule has 2 aromatic carbocycles. The SMILES string of the molecule is O=C(COC(=O)[C@@H]1CC(=O)N(c2ccccc2)C1)Nc1ccc(Br)c(Cl)c1. The summed E-state index contributed by atoms with van der Waals surface area (Å²) in [5, 5.41) is 3.05. The minimum Gasteiger partial charge on any atom is -0.455 e. The van der Waals surface area contributed by atoms with Crippen LogP contribution in [0.4, 0.5) is 11.4 Å². The number of hydrogen-bond acceptors (Lipinski definition) is 4. The first-order chi connectivity index (χ1) is 12.9. The van der Waals surface area contributed by atoms with Gasteiger partial charge in [-0.15, -0.1) is 0 Å². The summed E-state index contributed by atoms with van der Waals surface area (Å²) in [4.78, 5) is 37.9. The van der Waals surface area contributed by atoms with Gasteiger partial charge in [0.05, 0.1) is 10.9 Å². The molecule has 1 aliphatic rings. The summed E-state index contributed by atoms with van der Waals surface area (Å²) in [6.07, 6.45) is 0.0671. The fourth-order valence-electron chi connectivity index (χ4n) is 2.75. The summed E-state index contributed by atoms with van der Waals surface area (Å²) in [6, 6.07) is 14.1. The lowest BCUT2D eigenvalue weighted by Crippen LogP contribution is -2.28. The molecule has 8 heteroatoms. The predicted molar refractivity (Wildman–Crippen MR) is 106 cm³/mol. The van der Waals surface area contributed by atoms with Crippen molar-refractivity contribution < 1.29 is 19.1 Å². The Morgan fingerprint density at radius 2 is 1.96 bits per heavy atom. The Kier molecular flexibility index (Phi) is 6.13. The molecule has 1 aliphatic heterocycles. The van der Waals surface area contributed by atoms with Gasteiger partial charge >= 0.3 is 5.97 Å². The monoisotopic (exact) mass is 450 g/mol. The van der Waals surface area contributed by atoms with E-state index in [9.17, 15) is 14.4 Å². The first-order valence-corrected chi connectivity index (χ1v) is 9.38. The maximum Gasteiger partial charge on any atom is 0.311 e. The first kappa shape index (κ1) is 19.4. The quantitative estimate of drug-likeness (QED) is 0.704. The van der Waals surface area contributed by atoms with Crippen molar-refractivity contribution in [3.63, 3.8) is 0 Å². The van der Waals surface area contributed by atoms with Crippen molar-refractivity contribution in [1.82, 2.24) is 0 Å². The fourth-order valence-corrected chi connectivity index (χ4v) is 3.18. The number of anilines is 2. The standard InChI is InChI=1S/C19H16BrClN2O4/c20-15-7-6-13(9-16(15)21)22-17(24)11-27-19(26)12-8-18(25)23(10-12)14-4-2-1-3-5-14/h1-7,9,12H,8,10-11H2,(H,22,24)/t12-/m1/s1. The fraction of sp³-hybridized carbons (Fsp3) is 0.211. The van der Waals surface area contributed by atoms with Crippen LogP contribution in [0.3, 0.4) is 0 Å². The molecule has 140 valence electrons. The number of ether oxygens (including phenoxy) is 1. The number of amides is 2. The number of para-hydroxylation sites is 1. The van der Waals surface area contributed by atoms with Crippen LogP contribution >= 0.6 is 27.5 Å². The summed E-state index contributed by atoms with van der Waals surface area (Å²) in [5.41, 5.74) is 1.23. The van der Waals surface area contributed by atoms with E-state index in [1.54, 1.807) is 23.1 Å². The average molecular weight is 452 g/mol. The Bertz CT molecular complexity index is 875. The Morgan fingerprint density at radius 3 is 2.67 bits per heavy atom. The number of carbonyl (C=O) groups excluding carboxylic acids is 3. The molecule has 1 N–H and O–H groups in total. The summed E-state index contributed by atoms with van der Waals surface area (Å²) < 4.78 is 5.78. The zero-order valence-electron chi connectivity index (χ0n) is 14.2. The third-order valence-electron chi connectivity index (χ3n) is 4.08. The van der Waals surface area contributed by atoms with Gasteiger partial charge in [-0.2, -0.15) is 0 Å². The van der Waals surface area contributed by atoms with Crippen LogP contribution < -0.4 is 10.2 Å². The molecule has 2 amide bonds. The number of nitrogens with one attached hydrogen (secondary N) is 1. The second kappa shape index (κ2) is 8.54. The van der Waals surface area contributed by atoms with Crippen molar-refractivity contribution in [3.8, 4) is 0 Å². The molecule has 0 spiro atoms. The van der Waals surface area contributed by atoms with Crippen molar-refractivity contribution in [2.75, 3.05) is 23.4 Å². The summed E-state index contributed by atoms with van der Waals surface area (Å²) in [7, 11) is 0. The molecule has 0 aromatic heterocycles. The molecular weight excluding hydrogens is 436 g/mol. The van der Waals surface area contributed by atoms with Crippen molar-refractivity contribution in [2.45, 2.75) is 6.42 Å². The normalized spacial score (nSPS) is 16.3. The molecule has 0 radical (unpaired) electrons. The number of benzene rings is 2. The van der Waals surface area contributed by atoms with Crippen molar-refractivity contribution in [3.05, 3.63) is 58.0 Å². The molecule has 0 aliphatic carbocycles. The lowest BCUT2D eigenvalue weighted by atomic mass is 10.1. The highest BCUT2D eigenvalue weighted by atomic mass is 79.9. The highest BCUT2D eigenvalue weighted by molar-refractivity contribution is 9.10. The van der Waals surface area contributed by atoms with E-state index >= 15 is 0 Å². The number of esters is 1. The molecule has 0 bridgehead atoms. The van der Waals surface area contributed by atoms with E-state index in [-0.39, 0.29) is 18.9 Å². The van der Waals surface area contributed by atoms with Crippen molar-refractivity contribution >= 4 is 56.7 Å². The van der Waals surface area contributed by atoms with Crippen LogP contribution in [0.5, 0.6) is 0 Å². The van der Waals surface area contributed by atoms with Gasteiger partial charge in [-0.05, 0) is 46.3 Å². The van der Waals surface area contributed by atoms with Gasteiger partial charge in [0.2, 0.25) is 5.91 Å². The largest absolute Gasteiger partial charge is 0.455 e. The molecular formula is C19H16BrClN2O4. The van der Waals surface area contributed by atoms with Gasteiger partial charge < -0.3 is 15.0 Å². The molecule has 1 atom stereocenters. The summed E-state index contributed by atoms with van der Waals surface area (Å²) >= 11 is 9.23. The Hall–Kier alpha value is -2.38. The van der Waals surface area contributed by atoms with Crippen LogP contribution in [0.1, 0.15) is 6.42 Å². The highest BCUT2D eigenvalue weighted by Crippen LogP contribution is 2.26. The molecule has 6 nitrogen and oxygen atoms in total. The third kappa shape index (κ3) is 4.87. The zero-order chi connectivity index (χ0) is 19.4. The number of rotatable bonds is 5. The van der Waals surface area contributed by atoms with E-state index in [1.807, 2.05) is 30.3 Å². The van der Waals surface area contributed by atoms with Crippen LogP contribution in [0.2, 0.25) is 5.02 Å². The van der Waals surface area contributed by atoms with Gasteiger partial charge in [-0.25, -0.2) is 0 Å². The van der Waals surface area contributed by atoms with E-state index in [1.165, 1.54) is 0 Å². The minimum absolute atomic E-state index is 0.0671. The lowest BCUT2D eigenvalue weighted by Gasteiger charge is -2.16. The number of nitrogens with zero attached hydrogens (tertiary/aromatic N) is 1. The summed E-state index contributed by atoms with van der Waals surface area (Å²) in [5.74, 6) is -1.78. The summed E-state index contributed by atoms with van der Waals surface area (Å²) in [6.45, 7) is -0.186. The molecule has 27 heavy (non-hydrogen) atoms. The number of hydrogen-bond donors (Lipinski definition) is 1. The number of carbonyl (C=O) groups is 3. The molecule has 2 aromatic rings. The van der Waals surface area contributed by atoms with Crippen LogP contribution in [0, 0.1) is 5.92 Å². The van der Waals surface area contributed by atoms with Crippen LogP contribution in [-0.4, -0.2) is 30.9 Å². The van der Waals surface area contributed by atoms with E-state index in [0.29, 0.717) is 15.2 Å². The van der Waals surface area contributed by atoms with E-state index in [0.717, 1.165) is 5.69 Å². The van der Waals surface area contributed by atoms with Gasteiger partial charge in [-0.1, -0.05) is 29.8 Å². The van der Waals surface area contributed by atoms with Gasteiger partial charge in [0, 0.05) is 28.8 Å². The van der Waals surface area contributed by atoms with Gasteiger partial charge in [-0.3, -0.25) is 14.4 Å². The maximum absolute atomic E-state index is 12.2. The van der Waals surface area contributed by atoms with Crippen molar-refractivity contribution in [1.29, 1.82) is 0 Å². The van der Waals surface area contributed by atoms with Crippen molar-refractivity contribution in [2.24, 2.45) is 5.92 Å². The average Bonchev–Trinajstić information content (AvgIpc) is 3.05. The smallest absolute Gasteiger partial charge is 0.311 e. The molecule has 1 fully saturated rings. The molecule has 1 heterocycles. The topological polar surface area (TPSA) is 75.7 Å². The Balaban J connectivity index is 1.51.